The second kappa shape index (κ2) is 15.8. The molecule has 0 unspecified atom stereocenters. The number of carbonyl (C=O) groups excluding carboxylic acids is 3. The summed E-state index contributed by atoms with van der Waals surface area (Å²) in [6, 6.07) is -1.49. The van der Waals surface area contributed by atoms with Gasteiger partial charge >= 0.3 is 0 Å². The van der Waals surface area contributed by atoms with Crippen molar-refractivity contribution < 1.29 is 24.6 Å². The number of aromatic nitrogens is 1. The van der Waals surface area contributed by atoms with Gasteiger partial charge in [0, 0.05) is 23.8 Å². The summed E-state index contributed by atoms with van der Waals surface area (Å²) in [6.07, 6.45) is 6.96. The molecule has 1 saturated carbocycles. The highest BCUT2D eigenvalue weighted by atomic mass is 32.1. The minimum atomic E-state index is -1.36. The largest absolute Gasteiger partial charge is 0.391 e. The number of hydrogen-bond acceptors (Lipinski definition) is 7. The zero-order chi connectivity index (χ0) is 29.9. The van der Waals surface area contributed by atoms with Gasteiger partial charge in [-0.05, 0) is 39.0 Å². The van der Waals surface area contributed by atoms with Gasteiger partial charge in [0.15, 0.2) is 0 Å². The SMILES string of the molecule is CCCCNC(=O)[C@@H](C[C@H](O)[C@H](CC1CCCCC1)NC(=O)[C@H](Cc1cscn1)NC(=O)C(C)(C)C)C(C)(C)O. The van der Waals surface area contributed by atoms with E-state index >= 15 is 0 Å². The molecule has 0 aliphatic heterocycles. The van der Waals surface area contributed by atoms with Crippen molar-refractivity contribution in [2.45, 2.75) is 130 Å². The first-order chi connectivity index (χ1) is 18.7. The van der Waals surface area contributed by atoms with Crippen molar-refractivity contribution >= 4 is 29.1 Å². The Morgan fingerprint density at radius 2 is 1.75 bits per heavy atom. The number of thiazole rings is 1. The van der Waals surface area contributed by atoms with Crippen molar-refractivity contribution in [2.75, 3.05) is 6.54 Å². The van der Waals surface area contributed by atoms with Gasteiger partial charge in [-0.3, -0.25) is 14.4 Å². The molecule has 0 bridgehead atoms. The molecule has 4 atom stereocenters. The fourth-order valence-corrected chi connectivity index (χ4v) is 5.71. The number of aliphatic hydroxyl groups is 2. The average molecular weight is 581 g/mol. The summed E-state index contributed by atoms with van der Waals surface area (Å²) in [7, 11) is 0. The number of aliphatic hydroxyl groups excluding tert-OH is 1. The molecule has 40 heavy (non-hydrogen) atoms. The summed E-state index contributed by atoms with van der Waals surface area (Å²) in [6.45, 7) is 11.1. The molecule has 5 N–H and O–H groups in total. The molecular weight excluding hydrogens is 528 g/mol. The molecule has 1 aliphatic carbocycles. The molecule has 0 aromatic carbocycles. The van der Waals surface area contributed by atoms with E-state index < -0.39 is 41.0 Å². The van der Waals surface area contributed by atoms with E-state index in [-0.39, 0.29) is 24.7 Å². The van der Waals surface area contributed by atoms with E-state index in [1.54, 1.807) is 40.1 Å². The van der Waals surface area contributed by atoms with Gasteiger partial charge in [-0.25, -0.2) is 4.98 Å². The van der Waals surface area contributed by atoms with Gasteiger partial charge in [0.25, 0.3) is 0 Å². The highest BCUT2D eigenvalue weighted by molar-refractivity contribution is 7.07. The topological polar surface area (TPSA) is 141 Å². The average Bonchev–Trinajstić information content (AvgIpc) is 3.39. The summed E-state index contributed by atoms with van der Waals surface area (Å²) in [4.78, 5) is 43.9. The highest BCUT2D eigenvalue weighted by Crippen LogP contribution is 2.30. The molecule has 2 rings (SSSR count). The molecule has 1 heterocycles. The predicted octanol–water partition coefficient (Wildman–Crippen LogP) is 3.73. The van der Waals surface area contributed by atoms with Crippen LogP contribution in [0.2, 0.25) is 0 Å². The predicted molar refractivity (Wildman–Crippen MR) is 159 cm³/mol. The van der Waals surface area contributed by atoms with Crippen LogP contribution >= 0.6 is 11.3 Å². The summed E-state index contributed by atoms with van der Waals surface area (Å²) in [5, 5.41) is 33.0. The van der Waals surface area contributed by atoms with Gasteiger partial charge in [-0.2, -0.15) is 0 Å². The minimum Gasteiger partial charge on any atom is -0.391 e. The lowest BCUT2D eigenvalue weighted by atomic mass is 9.80. The van der Waals surface area contributed by atoms with Gasteiger partial charge in [0.2, 0.25) is 17.7 Å². The smallest absolute Gasteiger partial charge is 0.243 e. The lowest BCUT2D eigenvalue weighted by Crippen LogP contribution is -2.56. The van der Waals surface area contributed by atoms with E-state index in [9.17, 15) is 24.6 Å². The Morgan fingerprint density at radius 1 is 1.07 bits per heavy atom. The molecule has 9 nitrogen and oxygen atoms in total. The van der Waals surface area contributed by atoms with Gasteiger partial charge < -0.3 is 26.2 Å². The van der Waals surface area contributed by atoms with Crippen LogP contribution in [-0.4, -0.2) is 63.3 Å². The van der Waals surface area contributed by atoms with Crippen LogP contribution in [0.4, 0.5) is 0 Å². The molecule has 1 aromatic heterocycles. The Labute approximate surface area is 244 Å². The Hall–Kier alpha value is -2.04. The maximum Gasteiger partial charge on any atom is 0.243 e. The quantitative estimate of drug-likeness (QED) is 0.200. The van der Waals surface area contributed by atoms with Crippen molar-refractivity contribution in [3.8, 4) is 0 Å². The summed E-state index contributed by atoms with van der Waals surface area (Å²) in [5.41, 5.74) is 0.347. The number of unbranched alkanes of at least 4 members (excludes halogenated alkanes) is 1. The Kier molecular flexibility index (Phi) is 13.5. The first-order valence-corrected chi connectivity index (χ1v) is 15.8. The second-order valence-electron chi connectivity index (χ2n) is 13.0. The maximum atomic E-state index is 13.7. The molecule has 1 aromatic rings. The maximum absolute atomic E-state index is 13.7. The molecule has 1 aliphatic rings. The summed E-state index contributed by atoms with van der Waals surface area (Å²) in [5.74, 6) is -1.46. The van der Waals surface area contributed by atoms with Crippen LogP contribution in [0.3, 0.4) is 0 Å². The van der Waals surface area contributed by atoms with Gasteiger partial charge in [0.05, 0.1) is 34.9 Å². The normalized spacial score (nSPS) is 17.9. The standard InChI is InChI=1S/C30H52N4O5S/c1-7-8-14-31-26(36)22(30(5,6)39)17-25(35)23(15-20-12-10-9-11-13-20)33-27(37)24(16-21-18-40-19-32-21)34-28(38)29(2,3)4/h18-20,22-25,35,39H,7-17H2,1-6H3,(H,31,36)(H,33,37)(H,34,38)/t22-,23+,24+,25+/m1/s1. The molecule has 0 spiro atoms. The Balaban J connectivity index is 2.26. The van der Waals surface area contributed by atoms with Gasteiger partial charge in [-0.1, -0.05) is 66.2 Å². The minimum absolute atomic E-state index is 0.00419. The fraction of sp³-hybridized carbons (Fsp3) is 0.800. The number of nitrogens with one attached hydrogen (secondary N) is 3. The third-order valence-corrected chi connectivity index (χ3v) is 8.42. The summed E-state index contributed by atoms with van der Waals surface area (Å²) >= 11 is 1.42. The van der Waals surface area contributed by atoms with Gasteiger partial charge in [0.1, 0.15) is 6.04 Å². The molecular formula is C30H52N4O5S. The van der Waals surface area contributed by atoms with Crippen LogP contribution in [0.25, 0.3) is 0 Å². The van der Waals surface area contributed by atoms with E-state index in [0.717, 1.165) is 38.5 Å². The van der Waals surface area contributed by atoms with Crippen LogP contribution in [0.5, 0.6) is 0 Å². The number of nitrogens with zero attached hydrogens (tertiary/aromatic N) is 1. The fourth-order valence-electron chi connectivity index (χ4n) is 5.14. The third-order valence-electron chi connectivity index (χ3n) is 7.78. The molecule has 10 heteroatoms. The molecule has 3 amide bonds. The van der Waals surface area contributed by atoms with E-state index in [0.29, 0.717) is 24.6 Å². The second-order valence-corrected chi connectivity index (χ2v) is 13.7. The van der Waals surface area contributed by atoms with Crippen LogP contribution in [0.1, 0.15) is 105 Å². The van der Waals surface area contributed by atoms with E-state index in [2.05, 4.69) is 20.9 Å². The molecule has 228 valence electrons. The van der Waals surface area contributed by atoms with Crippen molar-refractivity contribution in [1.29, 1.82) is 0 Å². The van der Waals surface area contributed by atoms with Crippen LogP contribution in [0, 0.1) is 17.3 Å². The molecule has 0 radical (unpaired) electrons. The highest BCUT2D eigenvalue weighted by Gasteiger charge is 2.38. The number of carbonyl (C=O) groups is 3. The number of rotatable bonds is 15. The van der Waals surface area contributed by atoms with Crippen LogP contribution in [0.15, 0.2) is 10.9 Å². The summed E-state index contributed by atoms with van der Waals surface area (Å²) < 4.78 is 0. The van der Waals surface area contributed by atoms with E-state index in [1.807, 2.05) is 12.3 Å². The number of hydrogen-bond donors (Lipinski definition) is 5. The van der Waals surface area contributed by atoms with E-state index in [1.165, 1.54) is 17.8 Å². The zero-order valence-electron chi connectivity index (χ0n) is 25.3. The Bertz CT molecular complexity index is 920. The van der Waals surface area contributed by atoms with Crippen LogP contribution < -0.4 is 16.0 Å². The number of amides is 3. The first kappa shape index (κ1) is 34.2. The van der Waals surface area contributed by atoms with Crippen molar-refractivity contribution in [3.63, 3.8) is 0 Å². The zero-order valence-corrected chi connectivity index (χ0v) is 26.1. The van der Waals surface area contributed by atoms with Crippen LogP contribution in [-0.2, 0) is 20.8 Å². The third kappa shape index (κ3) is 11.4. The first-order valence-electron chi connectivity index (χ1n) is 14.9. The molecule has 0 saturated heterocycles. The molecule has 1 fully saturated rings. The van der Waals surface area contributed by atoms with E-state index in [4.69, 9.17) is 0 Å². The Morgan fingerprint density at radius 3 is 2.30 bits per heavy atom. The van der Waals surface area contributed by atoms with Crippen molar-refractivity contribution in [1.82, 2.24) is 20.9 Å². The van der Waals surface area contributed by atoms with Crippen molar-refractivity contribution in [3.05, 3.63) is 16.6 Å². The lowest BCUT2D eigenvalue weighted by molar-refractivity contribution is -0.136. The van der Waals surface area contributed by atoms with Crippen molar-refractivity contribution in [2.24, 2.45) is 17.3 Å². The van der Waals surface area contributed by atoms with Gasteiger partial charge in [-0.15, -0.1) is 11.3 Å². The lowest BCUT2D eigenvalue weighted by Gasteiger charge is -2.35. The monoisotopic (exact) mass is 580 g/mol.